The van der Waals surface area contributed by atoms with Crippen LogP contribution in [0.3, 0.4) is 0 Å². The Balaban J connectivity index is 1.91. The number of halogens is 1. The van der Waals surface area contributed by atoms with Crippen LogP contribution in [0.25, 0.3) is 0 Å². The molecule has 0 aliphatic carbocycles. The molecular weight excluding hydrogens is 374 g/mol. The van der Waals surface area contributed by atoms with Crippen LogP contribution in [0.4, 0.5) is 0 Å². The summed E-state index contributed by atoms with van der Waals surface area (Å²) in [6.07, 6.45) is -0.923. The van der Waals surface area contributed by atoms with Crippen molar-refractivity contribution in [1.82, 2.24) is 0 Å². The van der Waals surface area contributed by atoms with Crippen molar-refractivity contribution < 1.29 is 19.1 Å². The lowest BCUT2D eigenvalue weighted by Crippen LogP contribution is -2.27. The molecule has 0 N–H and O–H groups in total. The number of hydrogen-bond acceptors (Lipinski definition) is 5. The zero-order valence-corrected chi connectivity index (χ0v) is 14.4. The molecule has 1 atom stereocenters. The summed E-state index contributed by atoms with van der Waals surface area (Å²) in [6.45, 7) is 1.13. The maximum atomic E-state index is 12.2. The first-order valence-electron chi connectivity index (χ1n) is 7.12. The maximum absolute atomic E-state index is 12.2. The van der Waals surface area contributed by atoms with Crippen molar-refractivity contribution in [1.29, 1.82) is 5.26 Å². The van der Waals surface area contributed by atoms with E-state index in [0.717, 1.165) is 4.47 Å². The Kier molecular flexibility index (Phi) is 6.10. The molecule has 0 saturated heterocycles. The zero-order valence-electron chi connectivity index (χ0n) is 12.9. The Bertz CT molecular complexity index is 780. The number of para-hydroxylation sites is 1. The summed E-state index contributed by atoms with van der Waals surface area (Å²) in [5, 5.41) is 8.95. The standard InChI is InChI=1S/C18H14BrNO4/c1-12(18(22)13-6-8-15(19)9-7-13)24-17(21)11-23-16-5-3-2-4-14(16)10-20/h2-9,12H,11H2,1H3/t12-/m0/s1. The van der Waals surface area contributed by atoms with Crippen LogP contribution in [0.1, 0.15) is 22.8 Å². The summed E-state index contributed by atoms with van der Waals surface area (Å²) in [4.78, 5) is 24.0. The predicted octanol–water partition coefficient (Wildman–Crippen LogP) is 3.51. The van der Waals surface area contributed by atoms with E-state index in [1.807, 2.05) is 6.07 Å². The van der Waals surface area contributed by atoms with Gasteiger partial charge in [0.25, 0.3) is 0 Å². The number of ether oxygens (including phenoxy) is 2. The second-order valence-electron chi connectivity index (χ2n) is 4.90. The highest BCUT2D eigenvalue weighted by Crippen LogP contribution is 2.17. The Morgan fingerprint density at radius 2 is 1.83 bits per heavy atom. The van der Waals surface area contributed by atoms with Gasteiger partial charge in [0.15, 0.2) is 12.7 Å². The molecule has 2 aromatic carbocycles. The van der Waals surface area contributed by atoms with Crippen LogP contribution in [-0.2, 0) is 9.53 Å². The van der Waals surface area contributed by atoms with Gasteiger partial charge in [-0.3, -0.25) is 4.79 Å². The normalized spacial score (nSPS) is 11.2. The fraction of sp³-hybridized carbons (Fsp3) is 0.167. The first-order valence-corrected chi connectivity index (χ1v) is 7.91. The van der Waals surface area contributed by atoms with Crippen molar-refractivity contribution in [2.75, 3.05) is 6.61 Å². The van der Waals surface area contributed by atoms with Gasteiger partial charge in [-0.15, -0.1) is 0 Å². The molecule has 2 aromatic rings. The van der Waals surface area contributed by atoms with E-state index in [1.54, 1.807) is 48.5 Å². The molecule has 6 heteroatoms. The topological polar surface area (TPSA) is 76.4 Å². The van der Waals surface area contributed by atoms with Crippen LogP contribution < -0.4 is 4.74 Å². The van der Waals surface area contributed by atoms with Gasteiger partial charge in [0.2, 0.25) is 5.78 Å². The number of rotatable bonds is 6. The molecule has 0 heterocycles. The predicted molar refractivity (Wildman–Crippen MR) is 90.7 cm³/mol. The third-order valence-electron chi connectivity index (χ3n) is 3.16. The number of esters is 1. The third kappa shape index (κ3) is 4.67. The van der Waals surface area contributed by atoms with Crippen molar-refractivity contribution in [2.45, 2.75) is 13.0 Å². The maximum Gasteiger partial charge on any atom is 0.344 e. The van der Waals surface area contributed by atoms with Gasteiger partial charge in [-0.05, 0) is 31.2 Å². The average Bonchev–Trinajstić information content (AvgIpc) is 2.60. The van der Waals surface area contributed by atoms with Gasteiger partial charge in [0.1, 0.15) is 11.8 Å². The van der Waals surface area contributed by atoms with Gasteiger partial charge in [-0.2, -0.15) is 5.26 Å². The number of carbonyl (C=O) groups excluding carboxylic acids is 2. The molecule has 0 aromatic heterocycles. The van der Waals surface area contributed by atoms with E-state index in [0.29, 0.717) is 16.9 Å². The van der Waals surface area contributed by atoms with Gasteiger partial charge in [-0.25, -0.2) is 4.79 Å². The Labute approximate surface area is 147 Å². The van der Waals surface area contributed by atoms with Crippen molar-refractivity contribution in [2.24, 2.45) is 0 Å². The third-order valence-corrected chi connectivity index (χ3v) is 3.69. The van der Waals surface area contributed by atoms with Gasteiger partial charge >= 0.3 is 5.97 Å². The van der Waals surface area contributed by atoms with Crippen molar-refractivity contribution in [3.8, 4) is 11.8 Å². The van der Waals surface area contributed by atoms with Crippen LogP contribution in [0.15, 0.2) is 53.0 Å². The van der Waals surface area contributed by atoms with Gasteiger partial charge in [-0.1, -0.05) is 40.2 Å². The van der Waals surface area contributed by atoms with E-state index in [2.05, 4.69) is 15.9 Å². The zero-order chi connectivity index (χ0) is 17.5. The Morgan fingerprint density at radius 1 is 1.17 bits per heavy atom. The molecule has 0 radical (unpaired) electrons. The summed E-state index contributed by atoms with van der Waals surface area (Å²) in [7, 11) is 0. The second kappa shape index (κ2) is 8.27. The van der Waals surface area contributed by atoms with Gasteiger partial charge in [0, 0.05) is 10.0 Å². The van der Waals surface area contributed by atoms with E-state index in [9.17, 15) is 9.59 Å². The second-order valence-corrected chi connectivity index (χ2v) is 5.82. The number of ketones is 1. The Hall–Kier alpha value is -2.65. The number of Topliss-reactive ketones (excluding diaryl/α,β-unsaturated/α-hetero) is 1. The summed E-state index contributed by atoms with van der Waals surface area (Å²) >= 11 is 3.29. The smallest absolute Gasteiger partial charge is 0.344 e. The quantitative estimate of drug-likeness (QED) is 0.559. The van der Waals surface area contributed by atoms with Crippen LogP contribution in [-0.4, -0.2) is 24.5 Å². The highest BCUT2D eigenvalue weighted by atomic mass is 79.9. The molecular formula is C18H14BrNO4. The molecule has 5 nitrogen and oxygen atoms in total. The summed E-state index contributed by atoms with van der Waals surface area (Å²) in [5.74, 6) is -0.683. The molecule has 0 aliphatic heterocycles. The monoisotopic (exact) mass is 387 g/mol. The number of nitrogens with zero attached hydrogens (tertiary/aromatic N) is 1. The average molecular weight is 388 g/mol. The molecule has 0 bridgehead atoms. The lowest BCUT2D eigenvalue weighted by atomic mass is 10.1. The van der Waals surface area contributed by atoms with Crippen molar-refractivity contribution >= 4 is 27.7 Å². The van der Waals surface area contributed by atoms with Crippen molar-refractivity contribution in [3.63, 3.8) is 0 Å². The largest absolute Gasteiger partial charge is 0.481 e. The minimum Gasteiger partial charge on any atom is -0.481 e. The highest BCUT2D eigenvalue weighted by molar-refractivity contribution is 9.10. The van der Waals surface area contributed by atoms with Crippen LogP contribution in [0.5, 0.6) is 5.75 Å². The summed E-state index contributed by atoms with van der Waals surface area (Å²) in [5.41, 5.74) is 0.776. The van der Waals surface area contributed by atoms with Crippen LogP contribution >= 0.6 is 15.9 Å². The molecule has 0 aliphatic rings. The number of benzene rings is 2. The molecule has 2 rings (SSSR count). The van der Waals surface area contributed by atoms with E-state index in [1.165, 1.54) is 6.92 Å². The lowest BCUT2D eigenvalue weighted by Gasteiger charge is -2.13. The van der Waals surface area contributed by atoms with E-state index in [4.69, 9.17) is 14.7 Å². The first kappa shape index (κ1) is 17.7. The van der Waals surface area contributed by atoms with Crippen LogP contribution in [0.2, 0.25) is 0 Å². The first-order chi connectivity index (χ1) is 11.5. The summed E-state index contributed by atoms with van der Waals surface area (Å²) < 4.78 is 11.2. The highest BCUT2D eigenvalue weighted by Gasteiger charge is 2.20. The van der Waals surface area contributed by atoms with Gasteiger partial charge < -0.3 is 9.47 Å². The van der Waals surface area contributed by atoms with E-state index < -0.39 is 12.1 Å². The van der Waals surface area contributed by atoms with E-state index >= 15 is 0 Å². The molecule has 122 valence electrons. The van der Waals surface area contributed by atoms with Crippen LogP contribution in [0, 0.1) is 11.3 Å². The molecule has 0 unspecified atom stereocenters. The molecule has 0 amide bonds. The molecule has 24 heavy (non-hydrogen) atoms. The SMILES string of the molecule is C[C@H](OC(=O)COc1ccccc1C#N)C(=O)c1ccc(Br)cc1. The molecule has 0 spiro atoms. The fourth-order valence-electron chi connectivity index (χ4n) is 1.96. The molecule has 0 fully saturated rings. The lowest BCUT2D eigenvalue weighted by molar-refractivity contribution is -0.148. The van der Waals surface area contributed by atoms with E-state index in [-0.39, 0.29) is 12.4 Å². The Morgan fingerprint density at radius 3 is 2.50 bits per heavy atom. The number of nitriles is 1. The fourth-order valence-corrected chi connectivity index (χ4v) is 2.22. The summed E-state index contributed by atoms with van der Waals surface area (Å²) in [6, 6.07) is 15.3. The minimum absolute atomic E-state index is 0.295. The van der Waals surface area contributed by atoms with Crippen molar-refractivity contribution in [3.05, 3.63) is 64.1 Å². The molecule has 0 saturated carbocycles. The van der Waals surface area contributed by atoms with Gasteiger partial charge in [0.05, 0.1) is 5.56 Å². The minimum atomic E-state index is -0.923. The number of hydrogen-bond donors (Lipinski definition) is 0. The number of carbonyl (C=O) groups is 2.